The first-order valence-corrected chi connectivity index (χ1v) is 8.63. The molecule has 0 aliphatic carbocycles. The molecule has 0 N–H and O–H groups in total. The molecule has 1 unspecified atom stereocenters. The summed E-state index contributed by atoms with van der Waals surface area (Å²) in [4.78, 5) is 7.18. The molecule has 0 aromatic heterocycles. The molecule has 128 valence electrons. The number of nitrogens with zero attached hydrogens (tertiary/aromatic N) is 2. The molecule has 0 radical (unpaired) electrons. The van der Waals surface area contributed by atoms with Crippen LogP contribution in [0.25, 0.3) is 0 Å². The maximum Gasteiger partial charge on any atom is 0.0994 e. The number of aliphatic imine (C=N–C) groups is 1. The van der Waals surface area contributed by atoms with E-state index in [0.29, 0.717) is 0 Å². The van der Waals surface area contributed by atoms with Crippen LogP contribution in [0.2, 0.25) is 0 Å². The van der Waals surface area contributed by atoms with Gasteiger partial charge in [-0.25, -0.2) is 0 Å². The van der Waals surface area contributed by atoms with Crippen LogP contribution in [-0.2, 0) is 12.8 Å². The molecular weight excluding hydrogens is 316 g/mol. The van der Waals surface area contributed by atoms with E-state index in [2.05, 4.69) is 73.5 Å². The summed E-state index contributed by atoms with van der Waals surface area (Å²) in [6.45, 7) is 3.34. The molecule has 1 heterocycles. The second-order valence-electron chi connectivity index (χ2n) is 6.47. The zero-order valence-corrected chi connectivity index (χ0v) is 15.4. The fraction of sp³-hybridized carbons (Fsp3) is 0.381. The molecular formula is C21H27ClN2. The van der Waals surface area contributed by atoms with Crippen molar-refractivity contribution >= 4 is 18.2 Å². The van der Waals surface area contributed by atoms with E-state index in [1.807, 2.05) is 0 Å². The summed E-state index contributed by atoms with van der Waals surface area (Å²) in [7, 11) is 2.14. The van der Waals surface area contributed by atoms with Gasteiger partial charge in [0, 0.05) is 20.0 Å². The van der Waals surface area contributed by atoms with Crippen molar-refractivity contribution in [1.29, 1.82) is 0 Å². The van der Waals surface area contributed by atoms with Crippen LogP contribution < -0.4 is 0 Å². The van der Waals surface area contributed by atoms with Crippen molar-refractivity contribution in [2.45, 2.75) is 38.6 Å². The van der Waals surface area contributed by atoms with Crippen LogP contribution in [0.1, 0.15) is 42.5 Å². The third-order valence-corrected chi connectivity index (χ3v) is 4.68. The highest BCUT2D eigenvalue weighted by atomic mass is 35.5. The van der Waals surface area contributed by atoms with Gasteiger partial charge in [-0.1, -0.05) is 54.6 Å². The van der Waals surface area contributed by atoms with E-state index in [1.165, 1.54) is 28.9 Å². The summed E-state index contributed by atoms with van der Waals surface area (Å²) in [5.41, 5.74) is 4.11. The van der Waals surface area contributed by atoms with Crippen molar-refractivity contribution in [2.75, 3.05) is 13.6 Å². The number of benzene rings is 2. The molecule has 1 saturated heterocycles. The van der Waals surface area contributed by atoms with Gasteiger partial charge in [-0.3, -0.25) is 4.99 Å². The van der Waals surface area contributed by atoms with E-state index in [9.17, 15) is 0 Å². The first-order valence-electron chi connectivity index (χ1n) is 8.63. The minimum Gasteiger partial charge on any atom is -0.363 e. The molecule has 3 rings (SSSR count). The Morgan fingerprint density at radius 3 is 2.17 bits per heavy atom. The molecule has 1 aliphatic rings. The highest BCUT2D eigenvalue weighted by Crippen LogP contribution is 2.21. The van der Waals surface area contributed by atoms with Gasteiger partial charge in [0.1, 0.15) is 0 Å². The Bertz CT molecular complexity index is 649. The molecule has 0 saturated carbocycles. The molecule has 0 amide bonds. The van der Waals surface area contributed by atoms with Gasteiger partial charge in [0.25, 0.3) is 0 Å². The van der Waals surface area contributed by atoms with Gasteiger partial charge in [-0.15, -0.1) is 12.4 Å². The average molecular weight is 343 g/mol. The topological polar surface area (TPSA) is 15.6 Å². The third-order valence-electron chi connectivity index (χ3n) is 4.68. The molecule has 3 heteroatoms. The number of hydrogen-bond acceptors (Lipinski definition) is 1. The van der Waals surface area contributed by atoms with Gasteiger partial charge in [-0.05, 0) is 42.9 Å². The standard InChI is InChI=1S/C21H26N2.ClH/c1-17(22-21-9-6-16-23(21)2)20-14-12-19(13-15-20)11-10-18-7-4-3-5-8-18;/h3-5,7-8,12-15,17H,6,9-11,16H2,1-2H3;1H/b22-21+;. The molecule has 0 spiro atoms. The fourth-order valence-electron chi connectivity index (χ4n) is 3.15. The molecule has 24 heavy (non-hydrogen) atoms. The predicted octanol–water partition coefficient (Wildman–Crippen LogP) is 5.08. The summed E-state index contributed by atoms with van der Waals surface area (Å²) in [5.74, 6) is 1.26. The normalized spacial score (nSPS) is 16.9. The van der Waals surface area contributed by atoms with Gasteiger partial charge >= 0.3 is 0 Å². The maximum atomic E-state index is 4.89. The second kappa shape index (κ2) is 8.89. The first-order chi connectivity index (χ1) is 11.2. The maximum absolute atomic E-state index is 4.89. The van der Waals surface area contributed by atoms with Gasteiger partial charge < -0.3 is 4.90 Å². The minimum atomic E-state index is 0. The summed E-state index contributed by atoms with van der Waals surface area (Å²) in [5, 5.41) is 0. The lowest BCUT2D eigenvalue weighted by Crippen LogP contribution is -2.19. The second-order valence-corrected chi connectivity index (χ2v) is 6.47. The number of rotatable bonds is 5. The van der Waals surface area contributed by atoms with Gasteiger partial charge in [0.05, 0.1) is 11.9 Å². The minimum absolute atomic E-state index is 0. The van der Waals surface area contributed by atoms with Crippen molar-refractivity contribution in [3.63, 3.8) is 0 Å². The van der Waals surface area contributed by atoms with Crippen molar-refractivity contribution in [3.8, 4) is 0 Å². The summed E-state index contributed by atoms with van der Waals surface area (Å²) in [6.07, 6.45) is 4.55. The van der Waals surface area contributed by atoms with Crippen molar-refractivity contribution in [1.82, 2.24) is 4.90 Å². The van der Waals surface area contributed by atoms with E-state index in [0.717, 1.165) is 25.8 Å². The fourth-order valence-corrected chi connectivity index (χ4v) is 3.15. The highest BCUT2D eigenvalue weighted by molar-refractivity contribution is 5.85. The highest BCUT2D eigenvalue weighted by Gasteiger charge is 2.15. The smallest absolute Gasteiger partial charge is 0.0994 e. The third kappa shape index (κ3) is 4.85. The number of amidine groups is 1. The number of hydrogen-bond donors (Lipinski definition) is 0. The van der Waals surface area contributed by atoms with Gasteiger partial charge in [0.15, 0.2) is 0 Å². The Morgan fingerprint density at radius 1 is 0.958 bits per heavy atom. The number of likely N-dealkylation sites (tertiary alicyclic amines) is 1. The largest absolute Gasteiger partial charge is 0.363 e. The zero-order valence-electron chi connectivity index (χ0n) is 14.6. The van der Waals surface area contributed by atoms with Crippen LogP contribution in [0.4, 0.5) is 0 Å². The molecule has 2 aromatic carbocycles. The van der Waals surface area contributed by atoms with Crippen LogP contribution in [-0.4, -0.2) is 24.3 Å². The Morgan fingerprint density at radius 2 is 1.58 bits per heavy atom. The van der Waals surface area contributed by atoms with Gasteiger partial charge in [0.2, 0.25) is 0 Å². The number of aryl methyl sites for hydroxylation is 2. The van der Waals surface area contributed by atoms with Crippen molar-refractivity contribution < 1.29 is 0 Å². The molecule has 2 nitrogen and oxygen atoms in total. The summed E-state index contributed by atoms with van der Waals surface area (Å²) >= 11 is 0. The van der Waals surface area contributed by atoms with Crippen LogP contribution in [0.3, 0.4) is 0 Å². The molecule has 1 atom stereocenters. The van der Waals surface area contributed by atoms with Crippen LogP contribution in [0.5, 0.6) is 0 Å². The Hall–Kier alpha value is -1.80. The SMILES string of the molecule is CC(/N=C1\CCCN1C)c1ccc(CCc2ccccc2)cc1.Cl. The Kier molecular flexibility index (Phi) is 6.86. The van der Waals surface area contributed by atoms with E-state index in [4.69, 9.17) is 4.99 Å². The predicted molar refractivity (Wildman–Crippen MR) is 105 cm³/mol. The zero-order chi connectivity index (χ0) is 16.1. The summed E-state index contributed by atoms with van der Waals surface area (Å²) in [6, 6.07) is 19.9. The average Bonchev–Trinajstić information content (AvgIpc) is 2.99. The van der Waals surface area contributed by atoms with Crippen LogP contribution in [0.15, 0.2) is 59.6 Å². The van der Waals surface area contributed by atoms with Crippen molar-refractivity contribution in [3.05, 3.63) is 71.3 Å². The van der Waals surface area contributed by atoms with Crippen LogP contribution in [0, 0.1) is 0 Å². The number of halogens is 1. The van der Waals surface area contributed by atoms with E-state index < -0.39 is 0 Å². The molecule has 2 aromatic rings. The Labute approximate surface area is 152 Å². The quantitative estimate of drug-likeness (QED) is 0.739. The Balaban J connectivity index is 0.00000208. The van der Waals surface area contributed by atoms with Gasteiger partial charge in [-0.2, -0.15) is 0 Å². The summed E-state index contributed by atoms with van der Waals surface area (Å²) < 4.78 is 0. The van der Waals surface area contributed by atoms with Crippen LogP contribution >= 0.6 is 12.4 Å². The first kappa shape index (κ1) is 18.5. The molecule has 0 bridgehead atoms. The lowest BCUT2D eigenvalue weighted by molar-refractivity contribution is 0.544. The van der Waals surface area contributed by atoms with E-state index >= 15 is 0 Å². The molecule has 1 aliphatic heterocycles. The lowest BCUT2D eigenvalue weighted by atomic mass is 10.0. The lowest BCUT2D eigenvalue weighted by Gasteiger charge is -2.15. The molecule has 1 fully saturated rings. The van der Waals surface area contributed by atoms with E-state index in [-0.39, 0.29) is 18.4 Å². The van der Waals surface area contributed by atoms with Crippen molar-refractivity contribution in [2.24, 2.45) is 4.99 Å². The monoisotopic (exact) mass is 342 g/mol. The van der Waals surface area contributed by atoms with E-state index in [1.54, 1.807) is 0 Å².